The van der Waals surface area contributed by atoms with Crippen molar-refractivity contribution in [2.24, 2.45) is 0 Å². The highest BCUT2D eigenvalue weighted by Gasteiger charge is 2.12. The summed E-state index contributed by atoms with van der Waals surface area (Å²) in [7, 11) is 2.05. The van der Waals surface area contributed by atoms with Gasteiger partial charge in [0.2, 0.25) is 5.95 Å². The highest BCUT2D eigenvalue weighted by atomic mass is 15.2. The fourth-order valence-electron chi connectivity index (χ4n) is 1.67. The third kappa shape index (κ3) is 4.90. The van der Waals surface area contributed by atoms with Crippen molar-refractivity contribution in [1.29, 1.82) is 0 Å². The van der Waals surface area contributed by atoms with E-state index in [9.17, 15) is 0 Å². The quantitative estimate of drug-likeness (QED) is 0.871. The zero-order valence-corrected chi connectivity index (χ0v) is 12.5. The maximum atomic E-state index is 4.58. The average Bonchev–Trinajstić information content (AvgIpc) is 2.22. The Morgan fingerprint density at radius 2 is 1.94 bits per heavy atom. The average molecular weight is 250 g/mol. The minimum absolute atomic E-state index is 0.0139. The largest absolute Gasteiger partial charge is 0.365 e. The molecule has 0 spiro atoms. The van der Waals surface area contributed by atoms with E-state index in [1.54, 1.807) is 0 Å². The number of nitrogens with one attached hydrogen (secondary N) is 1. The third-order valence-electron chi connectivity index (χ3n) is 2.53. The first-order valence-electron chi connectivity index (χ1n) is 6.67. The van der Waals surface area contributed by atoms with Crippen molar-refractivity contribution in [3.63, 3.8) is 0 Å². The molecule has 0 atom stereocenters. The van der Waals surface area contributed by atoms with Crippen LogP contribution in [0.3, 0.4) is 0 Å². The maximum Gasteiger partial charge on any atom is 0.227 e. The standard InChI is InChI=1S/C14H26N4/c1-7-8-9-18(6)13-15-11(2)10-12(16-13)17-14(3,4)5/h10H,7-9H2,1-6H3,(H,15,16,17). The number of hydrogen-bond donors (Lipinski definition) is 1. The predicted molar refractivity (Wildman–Crippen MR) is 78.3 cm³/mol. The molecular formula is C14H26N4. The van der Waals surface area contributed by atoms with Crippen LogP contribution in [0.4, 0.5) is 11.8 Å². The highest BCUT2D eigenvalue weighted by Crippen LogP contribution is 2.16. The van der Waals surface area contributed by atoms with Crippen molar-refractivity contribution in [2.75, 3.05) is 23.8 Å². The van der Waals surface area contributed by atoms with E-state index < -0.39 is 0 Å². The number of unbranched alkanes of at least 4 members (excludes halogenated alkanes) is 1. The molecular weight excluding hydrogens is 224 g/mol. The molecule has 0 aliphatic heterocycles. The van der Waals surface area contributed by atoms with Gasteiger partial charge in [-0.25, -0.2) is 4.98 Å². The molecule has 0 amide bonds. The van der Waals surface area contributed by atoms with E-state index in [1.807, 2.05) is 20.0 Å². The fraction of sp³-hybridized carbons (Fsp3) is 0.714. The lowest BCUT2D eigenvalue weighted by molar-refractivity contribution is 0.629. The van der Waals surface area contributed by atoms with E-state index in [-0.39, 0.29) is 5.54 Å². The van der Waals surface area contributed by atoms with Gasteiger partial charge in [0.05, 0.1) is 0 Å². The van der Waals surface area contributed by atoms with Gasteiger partial charge in [0.1, 0.15) is 5.82 Å². The van der Waals surface area contributed by atoms with Crippen LogP contribution in [-0.2, 0) is 0 Å². The Bertz CT molecular complexity index is 382. The van der Waals surface area contributed by atoms with Crippen LogP contribution < -0.4 is 10.2 Å². The summed E-state index contributed by atoms with van der Waals surface area (Å²) >= 11 is 0. The molecule has 102 valence electrons. The van der Waals surface area contributed by atoms with E-state index in [0.29, 0.717) is 0 Å². The van der Waals surface area contributed by atoms with E-state index in [0.717, 1.165) is 30.4 Å². The number of anilines is 2. The molecule has 0 aliphatic rings. The molecule has 0 saturated heterocycles. The molecule has 4 heteroatoms. The van der Waals surface area contributed by atoms with Crippen LogP contribution in [0.25, 0.3) is 0 Å². The lowest BCUT2D eigenvalue weighted by atomic mass is 10.1. The van der Waals surface area contributed by atoms with Gasteiger partial charge in [0.25, 0.3) is 0 Å². The normalized spacial score (nSPS) is 11.4. The molecule has 0 aliphatic carbocycles. The molecule has 1 aromatic heterocycles. The van der Waals surface area contributed by atoms with Gasteiger partial charge < -0.3 is 10.2 Å². The summed E-state index contributed by atoms with van der Waals surface area (Å²) in [5.41, 5.74) is 1.01. The first-order chi connectivity index (χ1) is 8.31. The summed E-state index contributed by atoms with van der Waals surface area (Å²) in [6.07, 6.45) is 2.35. The van der Waals surface area contributed by atoms with Crippen LogP contribution >= 0.6 is 0 Å². The van der Waals surface area contributed by atoms with Crippen LogP contribution in [0.5, 0.6) is 0 Å². The monoisotopic (exact) mass is 250 g/mol. The second-order valence-corrected chi connectivity index (χ2v) is 5.84. The summed E-state index contributed by atoms with van der Waals surface area (Å²) < 4.78 is 0. The van der Waals surface area contributed by atoms with Gasteiger partial charge in [-0.2, -0.15) is 4.98 Å². The molecule has 0 fully saturated rings. The maximum absolute atomic E-state index is 4.58. The predicted octanol–water partition coefficient (Wildman–Crippen LogP) is 3.23. The second kappa shape index (κ2) is 6.03. The van der Waals surface area contributed by atoms with Gasteiger partial charge in [0, 0.05) is 30.9 Å². The molecule has 0 radical (unpaired) electrons. The Morgan fingerprint density at radius 3 is 2.50 bits per heavy atom. The van der Waals surface area contributed by atoms with E-state index in [2.05, 4.69) is 47.9 Å². The molecule has 0 saturated carbocycles. The fourth-order valence-corrected chi connectivity index (χ4v) is 1.67. The molecule has 1 N–H and O–H groups in total. The van der Waals surface area contributed by atoms with Gasteiger partial charge in [-0.3, -0.25) is 0 Å². The SMILES string of the molecule is CCCCN(C)c1nc(C)cc(NC(C)(C)C)n1. The summed E-state index contributed by atoms with van der Waals surface area (Å²) in [5.74, 6) is 1.70. The molecule has 1 rings (SSSR count). The third-order valence-corrected chi connectivity index (χ3v) is 2.53. The van der Waals surface area contributed by atoms with Gasteiger partial charge in [-0.05, 0) is 34.1 Å². The molecule has 0 aromatic carbocycles. The second-order valence-electron chi connectivity index (χ2n) is 5.84. The highest BCUT2D eigenvalue weighted by molar-refractivity contribution is 5.44. The summed E-state index contributed by atoms with van der Waals surface area (Å²) in [6.45, 7) is 11.6. The van der Waals surface area contributed by atoms with Crippen LogP contribution in [0.1, 0.15) is 46.2 Å². The zero-order valence-electron chi connectivity index (χ0n) is 12.5. The molecule has 1 aromatic rings. The van der Waals surface area contributed by atoms with Crippen LogP contribution in [0.15, 0.2) is 6.07 Å². The Labute approximate surface area is 111 Å². The Morgan fingerprint density at radius 1 is 1.28 bits per heavy atom. The van der Waals surface area contributed by atoms with Crippen LogP contribution in [0.2, 0.25) is 0 Å². The number of rotatable bonds is 5. The van der Waals surface area contributed by atoms with Crippen molar-refractivity contribution in [3.8, 4) is 0 Å². The minimum Gasteiger partial charge on any atom is -0.365 e. The summed E-state index contributed by atoms with van der Waals surface area (Å²) in [5, 5.41) is 3.40. The lowest BCUT2D eigenvalue weighted by Gasteiger charge is -2.23. The van der Waals surface area contributed by atoms with E-state index in [1.165, 1.54) is 6.42 Å². The Balaban J connectivity index is 2.86. The summed E-state index contributed by atoms with van der Waals surface area (Å²) in [4.78, 5) is 11.2. The first-order valence-corrected chi connectivity index (χ1v) is 6.67. The van der Waals surface area contributed by atoms with Crippen molar-refractivity contribution in [3.05, 3.63) is 11.8 Å². The molecule has 0 unspecified atom stereocenters. The Hall–Kier alpha value is -1.32. The minimum atomic E-state index is 0.0139. The zero-order chi connectivity index (χ0) is 13.8. The van der Waals surface area contributed by atoms with Crippen LogP contribution in [0, 0.1) is 6.92 Å². The number of aryl methyl sites for hydroxylation is 1. The van der Waals surface area contributed by atoms with E-state index in [4.69, 9.17) is 0 Å². The summed E-state index contributed by atoms with van der Waals surface area (Å²) in [6, 6.07) is 1.99. The smallest absolute Gasteiger partial charge is 0.227 e. The lowest BCUT2D eigenvalue weighted by Crippen LogP contribution is -2.28. The number of nitrogens with zero attached hydrogens (tertiary/aromatic N) is 3. The van der Waals surface area contributed by atoms with Crippen molar-refractivity contribution in [1.82, 2.24) is 9.97 Å². The van der Waals surface area contributed by atoms with Crippen LogP contribution in [-0.4, -0.2) is 29.1 Å². The molecule has 1 heterocycles. The van der Waals surface area contributed by atoms with Gasteiger partial charge >= 0.3 is 0 Å². The van der Waals surface area contributed by atoms with E-state index >= 15 is 0 Å². The molecule has 0 bridgehead atoms. The topological polar surface area (TPSA) is 41.1 Å². The Kier molecular flexibility index (Phi) is 4.93. The number of hydrogen-bond acceptors (Lipinski definition) is 4. The first kappa shape index (κ1) is 14.7. The van der Waals surface area contributed by atoms with Gasteiger partial charge in [-0.1, -0.05) is 13.3 Å². The van der Waals surface area contributed by atoms with Crippen molar-refractivity contribution in [2.45, 2.75) is 53.0 Å². The van der Waals surface area contributed by atoms with Gasteiger partial charge in [0.15, 0.2) is 0 Å². The van der Waals surface area contributed by atoms with Crippen molar-refractivity contribution >= 4 is 11.8 Å². The van der Waals surface area contributed by atoms with Gasteiger partial charge in [-0.15, -0.1) is 0 Å². The molecule has 18 heavy (non-hydrogen) atoms. The molecule has 4 nitrogen and oxygen atoms in total. The van der Waals surface area contributed by atoms with Crippen molar-refractivity contribution < 1.29 is 0 Å². The number of aromatic nitrogens is 2.